The van der Waals surface area contributed by atoms with E-state index < -0.39 is 0 Å². The Morgan fingerprint density at radius 2 is 0.875 bits per heavy atom. The zero-order valence-corrected chi connectivity index (χ0v) is 27.7. The Balaban J connectivity index is 1.14. The lowest BCUT2D eigenvalue weighted by Crippen LogP contribution is -2.50. The Morgan fingerprint density at radius 1 is 0.500 bits per heavy atom. The van der Waals surface area contributed by atoms with E-state index in [0.29, 0.717) is 0 Å². The van der Waals surface area contributed by atoms with Gasteiger partial charge in [-0.15, -0.1) is 10.2 Å². The molecule has 1 saturated heterocycles. The SMILES string of the molecule is Cc1ccc([C@@H](c2nnnn2CCc2ccccc2)N2CCN([C@@H](c3ccc(C)cc3)c3nnnn3CCc3ccccc3)CC2)cc1. The smallest absolute Gasteiger partial charge is 0.173 e. The first-order chi connectivity index (χ1) is 23.6. The Bertz CT molecular complexity index is 1720. The summed E-state index contributed by atoms with van der Waals surface area (Å²) in [5.74, 6) is 1.76. The van der Waals surface area contributed by atoms with Gasteiger partial charge in [0, 0.05) is 39.3 Å². The largest absolute Gasteiger partial charge is 0.287 e. The first kappa shape index (κ1) is 31.5. The highest BCUT2D eigenvalue weighted by Gasteiger charge is 2.35. The van der Waals surface area contributed by atoms with Crippen LogP contribution in [0.5, 0.6) is 0 Å². The van der Waals surface area contributed by atoms with Crippen LogP contribution in [0.15, 0.2) is 109 Å². The highest BCUT2D eigenvalue weighted by atomic mass is 15.6. The molecule has 4 aromatic carbocycles. The van der Waals surface area contributed by atoms with E-state index in [2.05, 4.69) is 152 Å². The lowest BCUT2D eigenvalue weighted by Gasteiger charge is -2.41. The summed E-state index contributed by atoms with van der Waals surface area (Å²) in [6, 6.07) is 38.5. The monoisotopic (exact) mass is 638 g/mol. The summed E-state index contributed by atoms with van der Waals surface area (Å²) in [7, 11) is 0. The van der Waals surface area contributed by atoms with E-state index in [1.165, 1.54) is 33.4 Å². The van der Waals surface area contributed by atoms with Crippen molar-refractivity contribution < 1.29 is 0 Å². The van der Waals surface area contributed by atoms with E-state index in [-0.39, 0.29) is 12.1 Å². The minimum Gasteiger partial charge on any atom is -0.287 e. The summed E-state index contributed by atoms with van der Waals surface area (Å²) in [4.78, 5) is 5.05. The average molecular weight is 639 g/mol. The summed E-state index contributed by atoms with van der Waals surface area (Å²) in [6.07, 6.45) is 1.73. The van der Waals surface area contributed by atoms with Gasteiger partial charge in [0.1, 0.15) is 0 Å². The van der Waals surface area contributed by atoms with Crippen LogP contribution in [-0.2, 0) is 25.9 Å². The van der Waals surface area contributed by atoms with Gasteiger partial charge < -0.3 is 0 Å². The van der Waals surface area contributed by atoms with Gasteiger partial charge >= 0.3 is 0 Å². The van der Waals surface area contributed by atoms with Gasteiger partial charge in [0.05, 0.1) is 12.1 Å². The molecule has 48 heavy (non-hydrogen) atoms. The van der Waals surface area contributed by atoms with Gasteiger partial charge in [-0.2, -0.15) is 0 Å². The van der Waals surface area contributed by atoms with Crippen LogP contribution in [0.4, 0.5) is 0 Å². The molecule has 6 aromatic rings. The predicted octanol–water partition coefficient (Wildman–Crippen LogP) is 5.26. The third-order valence-corrected chi connectivity index (χ3v) is 9.38. The van der Waals surface area contributed by atoms with Crippen molar-refractivity contribution in [2.75, 3.05) is 26.2 Å². The van der Waals surface area contributed by atoms with Crippen LogP contribution in [0.25, 0.3) is 0 Å². The Labute approximate surface area is 282 Å². The molecule has 3 heterocycles. The first-order valence-electron chi connectivity index (χ1n) is 16.8. The van der Waals surface area contributed by atoms with Crippen molar-refractivity contribution in [3.8, 4) is 0 Å². The van der Waals surface area contributed by atoms with Crippen molar-refractivity contribution in [2.24, 2.45) is 0 Å². The quantitative estimate of drug-likeness (QED) is 0.179. The molecule has 10 nitrogen and oxygen atoms in total. The van der Waals surface area contributed by atoms with Gasteiger partial charge in [0.25, 0.3) is 0 Å². The molecule has 0 bridgehead atoms. The minimum absolute atomic E-state index is 0.0625. The van der Waals surface area contributed by atoms with Crippen molar-refractivity contribution in [3.63, 3.8) is 0 Å². The summed E-state index contributed by atoms with van der Waals surface area (Å²) in [5, 5.41) is 26.5. The van der Waals surface area contributed by atoms with Gasteiger partial charge in [-0.3, -0.25) is 9.80 Å². The highest BCUT2D eigenvalue weighted by Crippen LogP contribution is 2.33. The van der Waals surface area contributed by atoms with Gasteiger partial charge in [-0.25, -0.2) is 9.36 Å². The Morgan fingerprint density at radius 3 is 1.25 bits per heavy atom. The molecule has 0 saturated carbocycles. The number of hydrogen-bond acceptors (Lipinski definition) is 8. The van der Waals surface area contributed by atoms with Crippen LogP contribution in [0, 0.1) is 13.8 Å². The molecule has 7 rings (SSSR count). The molecule has 0 aliphatic carbocycles. The summed E-state index contributed by atoms with van der Waals surface area (Å²) in [5.41, 5.74) is 7.41. The average Bonchev–Trinajstić information content (AvgIpc) is 3.80. The Kier molecular flexibility index (Phi) is 9.72. The van der Waals surface area contributed by atoms with Crippen molar-refractivity contribution in [1.82, 2.24) is 50.2 Å². The maximum Gasteiger partial charge on any atom is 0.173 e. The predicted molar refractivity (Wildman–Crippen MR) is 185 cm³/mol. The van der Waals surface area contributed by atoms with Crippen molar-refractivity contribution in [2.45, 2.75) is 51.9 Å². The third-order valence-electron chi connectivity index (χ3n) is 9.38. The lowest BCUT2D eigenvalue weighted by atomic mass is 9.99. The van der Waals surface area contributed by atoms with E-state index >= 15 is 0 Å². The van der Waals surface area contributed by atoms with E-state index in [1.54, 1.807) is 0 Å². The standard InChI is InChI=1S/C38H42N10/c1-29-13-17-33(18-14-29)35(37-39-41-43-47(37)23-21-31-9-5-3-6-10-31)45-25-27-46(28-26-45)36(34-19-15-30(2)16-20-34)38-40-42-44-48(38)24-22-32-11-7-4-8-12-32/h3-20,35-36H,21-28H2,1-2H3/t35-,36-/m0/s1. The number of tetrazole rings is 2. The maximum atomic E-state index is 4.63. The van der Waals surface area contributed by atoms with E-state index in [1.807, 2.05) is 21.5 Å². The number of aromatic nitrogens is 8. The van der Waals surface area contributed by atoms with Crippen molar-refractivity contribution in [3.05, 3.63) is 154 Å². The van der Waals surface area contributed by atoms with Gasteiger partial charge in [-0.05, 0) is 69.8 Å². The van der Waals surface area contributed by atoms with E-state index in [9.17, 15) is 0 Å². The molecule has 1 aliphatic heterocycles. The number of piperazine rings is 1. The molecule has 2 aromatic heterocycles. The lowest BCUT2D eigenvalue weighted by molar-refractivity contribution is 0.0822. The van der Waals surface area contributed by atoms with Crippen LogP contribution >= 0.6 is 0 Å². The minimum atomic E-state index is -0.0625. The summed E-state index contributed by atoms with van der Waals surface area (Å²) >= 11 is 0. The molecule has 0 spiro atoms. The fourth-order valence-corrected chi connectivity index (χ4v) is 6.69. The molecule has 2 atom stereocenters. The van der Waals surface area contributed by atoms with Gasteiger partial charge in [0.2, 0.25) is 0 Å². The normalized spacial score (nSPS) is 15.4. The Hall–Kier alpha value is -5.06. The van der Waals surface area contributed by atoms with Crippen LogP contribution in [0.3, 0.4) is 0 Å². The maximum absolute atomic E-state index is 4.63. The van der Waals surface area contributed by atoms with Crippen molar-refractivity contribution >= 4 is 0 Å². The summed E-state index contributed by atoms with van der Waals surface area (Å²) in [6.45, 7) is 9.07. The molecule has 0 radical (unpaired) electrons. The second kappa shape index (κ2) is 14.8. The molecule has 0 unspecified atom stereocenters. The number of aryl methyl sites for hydroxylation is 6. The van der Waals surface area contributed by atoms with Crippen molar-refractivity contribution in [1.29, 1.82) is 0 Å². The number of benzene rings is 4. The number of nitrogens with zero attached hydrogens (tertiary/aromatic N) is 10. The molecule has 244 valence electrons. The van der Waals surface area contributed by atoms with E-state index in [4.69, 9.17) is 0 Å². The molecule has 0 amide bonds. The molecule has 1 fully saturated rings. The first-order valence-corrected chi connectivity index (χ1v) is 16.8. The highest BCUT2D eigenvalue weighted by molar-refractivity contribution is 5.30. The van der Waals surface area contributed by atoms with Crippen LogP contribution < -0.4 is 0 Å². The van der Waals surface area contributed by atoms with E-state index in [0.717, 1.165) is 63.8 Å². The van der Waals surface area contributed by atoms with Gasteiger partial charge in [0.15, 0.2) is 11.6 Å². The zero-order chi connectivity index (χ0) is 32.7. The molecule has 1 aliphatic rings. The molecule has 0 N–H and O–H groups in total. The third kappa shape index (κ3) is 7.25. The van der Waals surface area contributed by atoms with Crippen LogP contribution in [0.2, 0.25) is 0 Å². The van der Waals surface area contributed by atoms with Gasteiger partial charge in [-0.1, -0.05) is 120 Å². The van der Waals surface area contributed by atoms with Crippen LogP contribution in [0.1, 0.15) is 57.1 Å². The second-order valence-electron chi connectivity index (χ2n) is 12.7. The fraction of sp³-hybridized carbons (Fsp3) is 0.316. The zero-order valence-electron chi connectivity index (χ0n) is 27.7. The molecule has 10 heteroatoms. The topological polar surface area (TPSA) is 93.7 Å². The number of rotatable bonds is 12. The van der Waals surface area contributed by atoms with Crippen LogP contribution in [-0.4, -0.2) is 76.4 Å². The summed E-state index contributed by atoms with van der Waals surface area (Å²) < 4.78 is 3.97. The number of hydrogen-bond donors (Lipinski definition) is 0. The second-order valence-corrected chi connectivity index (χ2v) is 12.7. The molecular formula is C38H42N10. The molecular weight excluding hydrogens is 596 g/mol. The fourth-order valence-electron chi connectivity index (χ4n) is 6.69.